The third-order valence-corrected chi connectivity index (χ3v) is 4.49. The van der Waals surface area contributed by atoms with Crippen LogP contribution in [0.3, 0.4) is 0 Å². The SMILES string of the molecule is COc1cccc(Cl)c1CNC(=O)C1Cc2ccccc2CN1.Cl. The zero-order valence-electron chi connectivity index (χ0n) is 13.3. The summed E-state index contributed by atoms with van der Waals surface area (Å²) in [5, 5.41) is 6.82. The first-order valence-corrected chi connectivity index (χ1v) is 7.96. The van der Waals surface area contributed by atoms with Crippen LogP contribution in [0.5, 0.6) is 5.75 Å². The molecular formula is C18H20Cl2N2O2. The maximum Gasteiger partial charge on any atom is 0.237 e. The number of methoxy groups -OCH3 is 1. The summed E-state index contributed by atoms with van der Waals surface area (Å²) in [5.74, 6) is 0.654. The summed E-state index contributed by atoms with van der Waals surface area (Å²) in [6.45, 7) is 1.06. The van der Waals surface area contributed by atoms with Crippen molar-refractivity contribution in [3.8, 4) is 5.75 Å². The van der Waals surface area contributed by atoms with Crippen molar-refractivity contribution < 1.29 is 9.53 Å². The third kappa shape index (κ3) is 4.01. The van der Waals surface area contributed by atoms with Gasteiger partial charge in [-0.15, -0.1) is 12.4 Å². The Kier molecular flexibility index (Phi) is 6.49. The van der Waals surface area contributed by atoms with Gasteiger partial charge in [0.2, 0.25) is 5.91 Å². The molecule has 128 valence electrons. The van der Waals surface area contributed by atoms with E-state index in [4.69, 9.17) is 16.3 Å². The quantitative estimate of drug-likeness (QED) is 0.873. The summed E-state index contributed by atoms with van der Waals surface area (Å²) in [4.78, 5) is 12.4. The van der Waals surface area contributed by atoms with E-state index in [9.17, 15) is 4.79 Å². The maximum atomic E-state index is 12.4. The molecule has 0 spiro atoms. The molecule has 2 aromatic carbocycles. The molecule has 0 aliphatic carbocycles. The molecule has 1 atom stereocenters. The van der Waals surface area contributed by atoms with Crippen LogP contribution in [-0.4, -0.2) is 19.1 Å². The molecule has 0 saturated carbocycles. The van der Waals surface area contributed by atoms with Gasteiger partial charge in [-0.1, -0.05) is 41.9 Å². The molecule has 2 aromatic rings. The smallest absolute Gasteiger partial charge is 0.237 e. The molecule has 3 rings (SSSR count). The van der Waals surface area contributed by atoms with Gasteiger partial charge >= 0.3 is 0 Å². The molecule has 0 bridgehead atoms. The van der Waals surface area contributed by atoms with Crippen LogP contribution in [0, 0.1) is 0 Å². The Balaban J connectivity index is 0.00000208. The molecule has 1 amide bonds. The first kappa shape index (κ1) is 18.6. The number of fused-ring (bicyclic) bond motifs is 1. The fourth-order valence-corrected chi connectivity index (χ4v) is 3.07. The summed E-state index contributed by atoms with van der Waals surface area (Å²) in [5.41, 5.74) is 3.27. The molecule has 0 aromatic heterocycles. The monoisotopic (exact) mass is 366 g/mol. The molecule has 0 fully saturated rings. The molecular weight excluding hydrogens is 347 g/mol. The van der Waals surface area contributed by atoms with Crippen molar-refractivity contribution in [2.24, 2.45) is 0 Å². The molecule has 4 nitrogen and oxygen atoms in total. The second-order valence-corrected chi connectivity index (χ2v) is 5.95. The summed E-state index contributed by atoms with van der Waals surface area (Å²) in [6, 6.07) is 13.4. The van der Waals surface area contributed by atoms with E-state index >= 15 is 0 Å². The molecule has 1 aliphatic heterocycles. The van der Waals surface area contributed by atoms with E-state index in [-0.39, 0.29) is 24.4 Å². The van der Waals surface area contributed by atoms with E-state index in [1.165, 1.54) is 11.1 Å². The zero-order chi connectivity index (χ0) is 16.2. The number of carbonyl (C=O) groups is 1. The van der Waals surface area contributed by atoms with Crippen molar-refractivity contribution in [1.82, 2.24) is 10.6 Å². The highest BCUT2D eigenvalue weighted by Gasteiger charge is 2.24. The first-order valence-electron chi connectivity index (χ1n) is 7.58. The van der Waals surface area contributed by atoms with Crippen molar-refractivity contribution >= 4 is 29.9 Å². The van der Waals surface area contributed by atoms with E-state index in [2.05, 4.69) is 22.8 Å². The Morgan fingerprint density at radius 2 is 2.00 bits per heavy atom. The lowest BCUT2D eigenvalue weighted by Crippen LogP contribution is -2.47. The summed E-state index contributed by atoms with van der Waals surface area (Å²) >= 11 is 6.20. The minimum atomic E-state index is -0.224. The van der Waals surface area contributed by atoms with Gasteiger partial charge in [-0.3, -0.25) is 4.79 Å². The van der Waals surface area contributed by atoms with Crippen molar-refractivity contribution in [2.45, 2.75) is 25.6 Å². The predicted molar refractivity (Wildman–Crippen MR) is 97.9 cm³/mol. The van der Waals surface area contributed by atoms with Gasteiger partial charge in [0.05, 0.1) is 13.2 Å². The highest BCUT2D eigenvalue weighted by atomic mass is 35.5. The predicted octanol–water partition coefficient (Wildman–Crippen LogP) is 3.10. The molecule has 0 saturated heterocycles. The number of hydrogen-bond acceptors (Lipinski definition) is 3. The van der Waals surface area contributed by atoms with Crippen LogP contribution >= 0.6 is 24.0 Å². The Labute approximate surface area is 153 Å². The lowest BCUT2D eigenvalue weighted by Gasteiger charge is -2.25. The third-order valence-electron chi connectivity index (χ3n) is 4.13. The second-order valence-electron chi connectivity index (χ2n) is 5.54. The Bertz CT molecular complexity index is 722. The van der Waals surface area contributed by atoms with E-state index in [0.29, 0.717) is 30.3 Å². The zero-order valence-corrected chi connectivity index (χ0v) is 14.9. The Morgan fingerprint density at radius 1 is 1.25 bits per heavy atom. The van der Waals surface area contributed by atoms with Crippen LogP contribution < -0.4 is 15.4 Å². The van der Waals surface area contributed by atoms with Gasteiger partial charge in [0, 0.05) is 23.7 Å². The van der Waals surface area contributed by atoms with Gasteiger partial charge in [-0.05, 0) is 29.7 Å². The van der Waals surface area contributed by atoms with Gasteiger partial charge < -0.3 is 15.4 Å². The van der Waals surface area contributed by atoms with Crippen molar-refractivity contribution in [3.63, 3.8) is 0 Å². The lowest BCUT2D eigenvalue weighted by molar-refractivity contribution is -0.123. The average molecular weight is 367 g/mol. The standard InChI is InChI=1S/C18H19ClN2O2.ClH/c1-23-17-8-4-7-15(19)14(17)11-21-18(22)16-9-12-5-2-3-6-13(12)10-20-16;/h2-8,16,20H,9-11H2,1H3,(H,21,22);1H. The Morgan fingerprint density at radius 3 is 2.75 bits per heavy atom. The van der Waals surface area contributed by atoms with Crippen molar-refractivity contribution in [2.75, 3.05) is 7.11 Å². The van der Waals surface area contributed by atoms with Crippen molar-refractivity contribution in [3.05, 3.63) is 64.2 Å². The first-order chi connectivity index (χ1) is 11.2. The number of ether oxygens (including phenoxy) is 1. The van der Waals surface area contributed by atoms with Gasteiger partial charge in [0.1, 0.15) is 5.75 Å². The van der Waals surface area contributed by atoms with Crippen LogP contribution in [-0.2, 0) is 24.3 Å². The Hall–Kier alpha value is -1.75. The summed E-state index contributed by atoms with van der Waals surface area (Å²) in [7, 11) is 1.59. The normalized spacial score (nSPS) is 15.8. The van der Waals surface area contributed by atoms with Gasteiger partial charge in [0.15, 0.2) is 0 Å². The average Bonchev–Trinajstić information content (AvgIpc) is 2.59. The number of halogens is 2. The van der Waals surface area contributed by atoms with E-state index in [0.717, 1.165) is 5.56 Å². The minimum Gasteiger partial charge on any atom is -0.496 e. The number of hydrogen-bond donors (Lipinski definition) is 2. The van der Waals surface area contributed by atoms with Crippen LogP contribution in [0.4, 0.5) is 0 Å². The van der Waals surface area contributed by atoms with Crippen molar-refractivity contribution in [1.29, 1.82) is 0 Å². The van der Waals surface area contributed by atoms with Gasteiger partial charge in [-0.2, -0.15) is 0 Å². The number of carbonyl (C=O) groups excluding carboxylic acids is 1. The van der Waals surface area contributed by atoms with E-state index in [1.807, 2.05) is 24.3 Å². The largest absolute Gasteiger partial charge is 0.496 e. The maximum absolute atomic E-state index is 12.4. The summed E-state index contributed by atoms with van der Waals surface area (Å²) < 4.78 is 5.30. The number of benzene rings is 2. The van der Waals surface area contributed by atoms with Crippen LogP contribution in [0.2, 0.25) is 5.02 Å². The van der Waals surface area contributed by atoms with E-state index < -0.39 is 0 Å². The molecule has 2 N–H and O–H groups in total. The fraction of sp³-hybridized carbons (Fsp3) is 0.278. The minimum absolute atomic E-state index is 0. The second kappa shape index (κ2) is 8.38. The summed E-state index contributed by atoms with van der Waals surface area (Å²) in [6.07, 6.45) is 0.696. The van der Waals surface area contributed by atoms with Gasteiger partial charge in [-0.25, -0.2) is 0 Å². The highest BCUT2D eigenvalue weighted by Crippen LogP contribution is 2.26. The molecule has 0 radical (unpaired) electrons. The molecule has 1 heterocycles. The van der Waals surface area contributed by atoms with E-state index in [1.54, 1.807) is 13.2 Å². The number of amides is 1. The molecule has 1 unspecified atom stereocenters. The fourth-order valence-electron chi connectivity index (χ4n) is 2.84. The lowest BCUT2D eigenvalue weighted by atomic mass is 9.95. The molecule has 6 heteroatoms. The topological polar surface area (TPSA) is 50.4 Å². The van der Waals surface area contributed by atoms with Crippen LogP contribution in [0.25, 0.3) is 0 Å². The number of nitrogens with one attached hydrogen (secondary N) is 2. The highest BCUT2D eigenvalue weighted by molar-refractivity contribution is 6.31. The van der Waals surface area contributed by atoms with Gasteiger partial charge in [0.25, 0.3) is 0 Å². The molecule has 24 heavy (non-hydrogen) atoms. The number of rotatable bonds is 4. The van der Waals surface area contributed by atoms with Crippen LogP contribution in [0.15, 0.2) is 42.5 Å². The molecule has 1 aliphatic rings. The van der Waals surface area contributed by atoms with Crippen LogP contribution in [0.1, 0.15) is 16.7 Å².